The molecule has 2 aromatic heterocycles. The molecule has 2 aliphatic carbocycles. The molecule has 0 radical (unpaired) electrons. The van der Waals surface area contributed by atoms with Gasteiger partial charge in [0.2, 0.25) is 0 Å². The molecular formula is C25H36N6O2. The first-order valence-electron chi connectivity index (χ1n) is 12.8. The van der Waals surface area contributed by atoms with Crippen molar-refractivity contribution in [2.24, 2.45) is 12.5 Å². The molecule has 8 nitrogen and oxygen atoms in total. The van der Waals surface area contributed by atoms with Crippen LogP contribution in [0.25, 0.3) is 0 Å². The van der Waals surface area contributed by atoms with E-state index in [1.54, 1.807) is 0 Å². The van der Waals surface area contributed by atoms with Crippen molar-refractivity contribution in [2.75, 3.05) is 26.3 Å². The molecule has 2 aromatic rings. The molecule has 33 heavy (non-hydrogen) atoms. The van der Waals surface area contributed by atoms with Crippen LogP contribution in [0.2, 0.25) is 0 Å². The Labute approximate surface area is 195 Å². The third-order valence-electron chi connectivity index (χ3n) is 9.05. The lowest BCUT2D eigenvalue weighted by molar-refractivity contribution is -0.0475. The summed E-state index contributed by atoms with van der Waals surface area (Å²) in [6.07, 6.45) is 16.0. The van der Waals surface area contributed by atoms with E-state index in [4.69, 9.17) is 9.84 Å². The van der Waals surface area contributed by atoms with Crippen LogP contribution in [0.15, 0.2) is 12.4 Å². The fourth-order valence-electron chi connectivity index (χ4n) is 6.92. The van der Waals surface area contributed by atoms with Crippen molar-refractivity contribution in [1.82, 2.24) is 29.4 Å². The average Bonchev–Trinajstić information content (AvgIpc) is 3.58. The first kappa shape index (κ1) is 21.5. The van der Waals surface area contributed by atoms with Gasteiger partial charge in [0.25, 0.3) is 0 Å². The number of likely N-dealkylation sites (tertiary alicyclic amines) is 1. The van der Waals surface area contributed by atoms with Gasteiger partial charge in [-0.25, -0.2) is 0 Å². The van der Waals surface area contributed by atoms with Gasteiger partial charge in [-0.2, -0.15) is 5.10 Å². The molecule has 178 valence electrons. The third-order valence-corrected chi connectivity index (χ3v) is 9.05. The Hall–Kier alpha value is -2.06. The van der Waals surface area contributed by atoms with Crippen LogP contribution in [0.1, 0.15) is 97.7 Å². The lowest BCUT2D eigenvalue weighted by Gasteiger charge is -2.52. The largest absolute Gasteiger partial charge is 0.381 e. The molecule has 4 heterocycles. The van der Waals surface area contributed by atoms with Crippen molar-refractivity contribution >= 4 is 6.29 Å². The second kappa shape index (κ2) is 8.62. The Bertz CT molecular complexity index is 969. The molecule has 2 saturated carbocycles. The minimum absolute atomic E-state index is 0.397. The summed E-state index contributed by atoms with van der Waals surface area (Å²) in [7, 11) is 1.90. The Morgan fingerprint density at radius 1 is 1.00 bits per heavy atom. The number of carbonyl (C=O) groups excluding carboxylic acids is 1. The predicted octanol–water partition coefficient (Wildman–Crippen LogP) is 3.47. The number of aromatic nitrogens is 5. The van der Waals surface area contributed by atoms with E-state index in [9.17, 15) is 4.79 Å². The Morgan fingerprint density at radius 2 is 1.73 bits per heavy atom. The Morgan fingerprint density at radius 3 is 2.39 bits per heavy atom. The van der Waals surface area contributed by atoms with Crippen LogP contribution in [0.4, 0.5) is 0 Å². The highest BCUT2D eigenvalue weighted by Crippen LogP contribution is 2.43. The van der Waals surface area contributed by atoms with Crippen molar-refractivity contribution in [3.05, 3.63) is 29.6 Å². The normalized spacial score (nSPS) is 32.2. The van der Waals surface area contributed by atoms with Crippen LogP contribution >= 0.6 is 0 Å². The molecule has 0 aromatic carbocycles. The van der Waals surface area contributed by atoms with Gasteiger partial charge < -0.3 is 9.30 Å². The molecule has 0 atom stereocenters. The standard InChI is InChI=1S/C25H36N6O2/c1-29-23(14-32)27-28-24(29)19-4-2-18(3-5-19)20-12-26-31(13-20)22-8-6-21(7-9-22)30-15-25(16-30)10-11-33-17-25/h12-14,18-19,21-22H,2-11,15-17H2,1H3/t18-,19-,21-,22-. The maximum atomic E-state index is 11.1. The molecule has 0 N–H and O–H groups in total. The van der Waals surface area contributed by atoms with E-state index in [1.807, 2.05) is 11.6 Å². The molecule has 0 bridgehead atoms. The fourth-order valence-corrected chi connectivity index (χ4v) is 6.92. The lowest BCUT2D eigenvalue weighted by atomic mass is 9.76. The zero-order valence-corrected chi connectivity index (χ0v) is 19.7. The minimum atomic E-state index is 0.397. The highest BCUT2D eigenvalue weighted by atomic mass is 16.5. The third kappa shape index (κ3) is 3.95. The summed E-state index contributed by atoms with van der Waals surface area (Å²) in [5.74, 6) is 2.35. The maximum absolute atomic E-state index is 11.1. The zero-order valence-electron chi connectivity index (χ0n) is 19.7. The van der Waals surface area contributed by atoms with E-state index in [1.165, 1.54) is 50.8 Å². The number of hydrogen-bond acceptors (Lipinski definition) is 6. The molecule has 8 heteroatoms. The molecule has 2 aliphatic heterocycles. The van der Waals surface area contributed by atoms with Gasteiger partial charge in [0.05, 0.1) is 18.8 Å². The molecule has 1 spiro atoms. The van der Waals surface area contributed by atoms with Crippen molar-refractivity contribution < 1.29 is 9.53 Å². The summed E-state index contributed by atoms with van der Waals surface area (Å²) in [6.45, 7) is 4.45. The van der Waals surface area contributed by atoms with Gasteiger partial charge in [-0.15, -0.1) is 10.2 Å². The van der Waals surface area contributed by atoms with Gasteiger partial charge in [-0.3, -0.25) is 14.4 Å². The van der Waals surface area contributed by atoms with Crippen LogP contribution < -0.4 is 0 Å². The molecule has 2 saturated heterocycles. The van der Waals surface area contributed by atoms with E-state index >= 15 is 0 Å². The van der Waals surface area contributed by atoms with Crippen LogP contribution in [0, 0.1) is 5.41 Å². The van der Waals surface area contributed by atoms with Crippen LogP contribution in [-0.4, -0.2) is 68.1 Å². The van der Waals surface area contributed by atoms with Gasteiger partial charge in [0.1, 0.15) is 5.82 Å². The molecule has 4 aliphatic rings. The van der Waals surface area contributed by atoms with Gasteiger partial charge in [0.15, 0.2) is 12.1 Å². The summed E-state index contributed by atoms with van der Waals surface area (Å²) in [5, 5.41) is 13.1. The first-order valence-corrected chi connectivity index (χ1v) is 12.8. The topological polar surface area (TPSA) is 78.1 Å². The van der Waals surface area contributed by atoms with Crippen molar-refractivity contribution in [3.8, 4) is 0 Å². The Balaban J connectivity index is 1.00. The second-order valence-corrected chi connectivity index (χ2v) is 11.1. The SMILES string of the molecule is Cn1c(C=O)nnc1[C@H]1CC[C@H](c2cnn([C@H]3CC[C@H](N4CC5(CCOC5)C4)CC3)c2)CC1. The second-order valence-electron chi connectivity index (χ2n) is 11.1. The van der Waals surface area contributed by atoms with Crippen LogP contribution in [-0.2, 0) is 11.8 Å². The molecule has 6 rings (SSSR count). The summed E-state index contributed by atoms with van der Waals surface area (Å²) in [5.41, 5.74) is 1.89. The Kier molecular flexibility index (Phi) is 5.61. The van der Waals surface area contributed by atoms with Crippen LogP contribution in [0.5, 0.6) is 0 Å². The van der Waals surface area contributed by atoms with Gasteiger partial charge >= 0.3 is 0 Å². The summed E-state index contributed by atoms with van der Waals surface area (Å²) >= 11 is 0. The number of aldehydes is 1. The number of nitrogens with zero attached hydrogens (tertiary/aromatic N) is 6. The van der Waals surface area contributed by atoms with Crippen molar-refractivity contribution in [3.63, 3.8) is 0 Å². The number of rotatable bonds is 5. The lowest BCUT2D eigenvalue weighted by Crippen LogP contribution is -2.60. The van der Waals surface area contributed by atoms with E-state index in [0.717, 1.165) is 57.0 Å². The van der Waals surface area contributed by atoms with E-state index in [-0.39, 0.29) is 0 Å². The van der Waals surface area contributed by atoms with E-state index in [0.29, 0.717) is 29.1 Å². The van der Waals surface area contributed by atoms with Crippen molar-refractivity contribution in [2.45, 2.75) is 81.7 Å². The molecule has 4 fully saturated rings. The van der Waals surface area contributed by atoms with E-state index < -0.39 is 0 Å². The molecule has 0 amide bonds. The number of carbonyl (C=O) groups is 1. The number of ether oxygens (including phenoxy) is 1. The maximum Gasteiger partial charge on any atom is 0.196 e. The van der Waals surface area contributed by atoms with Gasteiger partial charge in [-0.1, -0.05) is 0 Å². The van der Waals surface area contributed by atoms with Crippen LogP contribution in [0.3, 0.4) is 0 Å². The van der Waals surface area contributed by atoms with Gasteiger partial charge in [0, 0.05) is 50.3 Å². The molecule has 0 unspecified atom stereocenters. The first-order chi connectivity index (χ1) is 16.1. The average molecular weight is 453 g/mol. The van der Waals surface area contributed by atoms with Crippen molar-refractivity contribution in [1.29, 1.82) is 0 Å². The highest BCUT2D eigenvalue weighted by molar-refractivity contribution is 5.68. The number of hydrogen-bond donors (Lipinski definition) is 0. The van der Waals surface area contributed by atoms with Gasteiger partial charge in [-0.05, 0) is 69.3 Å². The quantitative estimate of drug-likeness (QED) is 0.647. The monoisotopic (exact) mass is 452 g/mol. The minimum Gasteiger partial charge on any atom is -0.381 e. The van der Waals surface area contributed by atoms with E-state index in [2.05, 4.69) is 32.2 Å². The zero-order chi connectivity index (χ0) is 22.4. The predicted molar refractivity (Wildman–Crippen MR) is 123 cm³/mol. The molecular weight excluding hydrogens is 416 g/mol. The fraction of sp³-hybridized carbons (Fsp3) is 0.760. The highest BCUT2D eigenvalue weighted by Gasteiger charge is 2.48. The summed E-state index contributed by atoms with van der Waals surface area (Å²) in [6, 6.07) is 1.31. The summed E-state index contributed by atoms with van der Waals surface area (Å²) in [4.78, 5) is 13.8. The summed E-state index contributed by atoms with van der Waals surface area (Å²) < 4.78 is 9.76. The smallest absolute Gasteiger partial charge is 0.196 e.